The molecule has 2 heterocycles. The molecule has 0 bridgehead atoms. The summed E-state index contributed by atoms with van der Waals surface area (Å²) >= 11 is 0. The minimum Gasteiger partial charge on any atom is -0.464 e. The van der Waals surface area contributed by atoms with Crippen molar-refractivity contribution < 1.29 is 14.0 Å². The normalized spacial score (nSPS) is 19.5. The molecule has 36 heavy (non-hydrogen) atoms. The number of carbonyl (C=O) groups is 2. The monoisotopic (exact) mass is 495 g/mol. The summed E-state index contributed by atoms with van der Waals surface area (Å²) in [6.45, 7) is 10.4. The molecule has 2 atom stereocenters. The third-order valence-corrected chi connectivity index (χ3v) is 6.01. The van der Waals surface area contributed by atoms with Crippen LogP contribution in [0.3, 0.4) is 0 Å². The maximum atomic E-state index is 13.0. The van der Waals surface area contributed by atoms with Gasteiger partial charge >= 0.3 is 0 Å². The molecule has 1 aromatic carbocycles. The SMILES string of the molecule is CC(C)C=O.CN=C(/C=C(/C)N)CN1CC(C)N(C)C(C(=O)NCc2ccc(-c3ccco3)cc2)C1. The third-order valence-electron chi connectivity index (χ3n) is 6.01. The molecule has 0 saturated carbocycles. The van der Waals surface area contributed by atoms with Crippen LogP contribution in [-0.2, 0) is 16.1 Å². The van der Waals surface area contributed by atoms with Gasteiger partial charge in [0.2, 0.25) is 5.91 Å². The minimum absolute atomic E-state index is 0.0368. The number of furan rings is 1. The summed E-state index contributed by atoms with van der Waals surface area (Å²) in [6.07, 6.45) is 4.47. The second-order valence-corrected chi connectivity index (χ2v) is 9.60. The molecule has 3 rings (SSSR count). The lowest BCUT2D eigenvalue weighted by atomic mass is 10.1. The summed E-state index contributed by atoms with van der Waals surface area (Å²) in [6, 6.07) is 11.9. The second-order valence-electron chi connectivity index (χ2n) is 9.60. The number of benzene rings is 1. The first kappa shape index (κ1) is 29.0. The zero-order valence-electron chi connectivity index (χ0n) is 22.4. The van der Waals surface area contributed by atoms with Gasteiger partial charge in [-0.2, -0.15) is 0 Å². The Morgan fingerprint density at radius 3 is 2.44 bits per heavy atom. The topological polar surface area (TPSA) is 104 Å². The number of rotatable bonds is 8. The summed E-state index contributed by atoms with van der Waals surface area (Å²) in [4.78, 5) is 31.3. The number of nitrogens with two attached hydrogens (primary N) is 1. The smallest absolute Gasteiger partial charge is 0.238 e. The van der Waals surface area contributed by atoms with Crippen molar-refractivity contribution in [3.8, 4) is 11.3 Å². The van der Waals surface area contributed by atoms with Crippen molar-refractivity contribution in [3.05, 3.63) is 60.0 Å². The molecule has 0 radical (unpaired) electrons. The molecule has 1 saturated heterocycles. The highest BCUT2D eigenvalue weighted by atomic mass is 16.3. The van der Waals surface area contributed by atoms with Gasteiger partial charge in [-0.1, -0.05) is 38.1 Å². The van der Waals surface area contributed by atoms with Crippen molar-refractivity contribution in [1.29, 1.82) is 0 Å². The van der Waals surface area contributed by atoms with E-state index in [4.69, 9.17) is 10.2 Å². The van der Waals surface area contributed by atoms with Crippen molar-refractivity contribution in [2.75, 3.05) is 33.7 Å². The van der Waals surface area contributed by atoms with Crippen LogP contribution >= 0.6 is 0 Å². The van der Waals surface area contributed by atoms with Crippen molar-refractivity contribution in [3.63, 3.8) is 0 Å². The molecule has 1 aromatic heterocycles. The minimum atomic E-state index is -0.216. The van der Waals surface area contributed by atoms with E-state index in [0.717, 1.165) is 41.1 Å². The molecular weight excluding hydrogens is 454 g/mol. The number of amides is 1. The van der Waals surface area contributed by atoms with Gasteiger partial charge in [0.05, 0.1) is 12.0 Å². The molecule has 0 spiro atoms. The Morgan fingerprint density at radius 2 is 1.92 bits per heavy atom. The Bertz CT molecular complexity index is 1010. The summed E-state index contributed by atoms with van der Waals surface area (Å²) in [7, 11) is 3.79. The molecular formula is C28H41N5O3. The lowest BCUT2D eigenvalue weighted by molar-refractivity contribution is -0.129. The molecule has 1 amide bonds. The fraction of sp³-hybridized carbons (Fsp3) is 0.464. The van der Waals surface area contributed by atoms with Crippen LogP contribution in [0.5, 0.6) is 0 Å². The van der Waals surface area contributed by atoms with Crippen LogP contribution in [0.2, 0.25) is 0 Å². The third kappa shape index (κ3) is 9.09. The van der Waals surface area contributed by atoms with Crippen LogP contribution in [0.25, 0.3) is 11.3 Å². The van der Waals surface area contributed by atoms with Crippen molar-refractivity contribution >= 4 is 17.9 Å². The molecule has 1 fully saturated rings. The Morgan fingerprint density at radius 1 is 1.25 bits per heavy atom. The van der Waals surface area contributed by atoms with Crippen LogP contribution in [0.15, 0.2) is 63.8 Å². The van der Waals surface area contributed by atoms with E-state index in [1.165, 1.54) is 0 Å². The van der Waals surface area contributed by atoms with E-state index in [9.17, 15) is 9.59 Å². The van der Waals surface area contributed by atoms with Gasteiger partial charge in [0.15, 0.2) is 0 Å². The number of aldehydes is 1. The van der Waals surface area contributed by atoms with Gasteiger partial charge < -0.3 is 20.3 Å². The summed E-state index contributed by atoms with van der Waals surface area (Å²) in [5.41, 5.74) is 9.54. The van der Waals surface area contributed by atoms with E-state index >= 15 is 0 Å². The molecule has 1 aliphatic heterocycles. The van der Waals surface area contributed by atoms with Crippen LogP contribution < -0.4 is 11.1 Å². The van der Waals surface area contributed by atoms with Crippen molar-refractivity contribution in [2.24, 2.45) is 16.6 Å². The number of likely N-dealkylation sites (N-methyl/N-ethyl adjacent to an activating group) is 1. The van der Waals surface area contributed by atoms with Crippen molar-refractivity contribution in [2.45, 2.75) is 46.3 Å². The highest BCUT2D eigenvalue weighted by molar-refractivity contribution is 5.97. The highest BCUT2D eigenvalue weighted by Crippen LogP contribution is 2.20. The molecule has 2 unspecified atom stereocenters. The van der Waals surface area contributed by atoms with E-state index in [1.807, 2.05) is 70.3 Å². The van der Waals surface area contributed by atoms with E-state index < -0.39 is 0 Å². The highest BCUT2D eigenvalue weighted by Gasteiger charge is 2.34. The molecule has 8 nitrogen and oxygen atoms in total. The number of hydrogen-bond acceptors (Lipinski definition) is 7. The number of nitrogens with one attached hydrogen (secondary N) is 1. The van der Waals surface area contributed by atoms with E-state index in [-0.39, 0.29) is 23.9 Å². The van der Waals surface area contributed by atoms with Gasteiger partial charge in [0, 0.05) is 56.4 Å². The summed E-state index contributed by atoms with van der Waals surface area (Å²) in [5, 5.41) is 3.10. The van der Waals surface area contributed by atoms with E-state index in [0.29, 0.717) is 19.6 Å². The molecule has 8 heteroatoms. The predicted molar refractivity (Wildman–Crippen MR) is 146 cm³/mol. The van der Waals surface area contributed by atoms with Crippen molar-refractivity contribution in [1.82, 2.24) is 15.1 Å². The molecule has 0 aliphatic carbocycles. The Hall–Kier alpha value is -3.23. The molecule has 3 N–H and O–H groups in total. The van der Waals surface area contributed by atoms with Crippen LogP contribution in [0.4, 0.5) is 0 Å². The zero-order chi connectivity index (χ0) is 26.7. The number of piperazine rings is 1. The van der Waals surface area contributed by atoms with Gasteiger partial charge in [-0.25, -0.2) is 0 Å². The zero-order valence-corrected chi connectivity index (χ0v) is 22.4. The first-order valence-electron chi connectivity index (χ1n) is 12.3. The Labute approximate surface area is 215 Å². The Balaban J connectivity index is 0.000000830. The summed E-state index contributed by atoms with van der Waals surface area (Å²) in [5.74, 6) is 1.08. The average molecular weight is 496 g/mol. The maximum Gasteiger partial charge on any atom is 0.238 e. The number of hydrogen-bond donors (Lipinski definition) is 2. The standard InChI is InChI=1S/C24H33N5O2.C4H8O/c1-17(25)12-21(26-3)15-29-14-18(2)28(4)22(16-29)24(30)27-13-19-7-9-20(10-8-19)23-6-5-11-31-23;1-4(2)3-5/h5-12,18,22H,13-16,25H2,1-4H3,(H,27,30);3-4H,1-2H3/b17-12-,26-21?;. The second kappa shape index (κ2) is 14.4. The van der Waals surface area contributed by atoms with Gasteiger partial charge in [-0.05, 0) is 44.7 Å². The van der Waals surface area contributed by atoms with Gasteiger partial charge in [0.25, 0.3) is 0 Å². The molecule has 1 aliphatic rings. The maximum absolute atomic E-state index is 13.0. The van der Waals surface area contributed by atoms with E-state index in [1.54, 1.807) is 13.3 Å². The van der Waals surface area contributed by atoms with Crippen LogP contribution in [0, 0.1) is 5.92 Å². The van der Waals surface area contributed by atoms with E-state index in [2.05, 4.69) is 27.0 Å². The first-order valence-corrected chi connectivity index (χ1v) is 12.3. The van der Waals surface area contributed by atoms with Gasteiger partial charge in [-0.3, -0.25) is 19.6 Å². The van der Waals surface area contributed by atoms with Crippen LogP contribution in [0.1, 0.15) is 33.3 Å². The number of allylic oxidation sites excluding steroid dienone is 1. The number of nitrogens with zero attached hydrogens (tertiary/aromatic N) is 3. The van der Waals surface area contributed by atoms with Gasteiger partial charge in [-0.15, -0.1) is 0 Å². The van der Waals surface area contributed by atoms with Crippen LogP contribution in [-0.4, -0.2) is 73.5 Å². The fourth-order valence-electron chi connectivity index (χ4n) is 3.86. The number of carbonyl (C=O) groups excluding carboxylic acids is 2. The summed E-state index contributed by atoms with van der Waals surface area (Å²) < 4.78 is 5.43. The predicted octanol–water partition coefficient (Wildman–Crippen LogP) is 3.34. The average Bonchev–Trinajstić information content (AvgIpc) is 3.39. The lowest BCUT2D eigenvalue weighted by Crippen LogP contribution is -2.61. The lowest BCUT2D eigenvalue weighted by Gasteiger charge is -2.43. The fourth-order valence-corrected chi connectivity index (χ4v) is 3.86. The first-order chi connectivity index (χ1) is 17.1. The largest absolute Gasteiger partial charge is 0.464 e. The quantitative estimate of drug-likeness (QED) is 0.430. The molecule has 196 valence electrons. The number of aliphatic imine (C=N–C) groups is 1. The van der Waals surface area contributed by atoms with Gasteiger partial charge in [0.1, 0.15) is 18.1 Å². The molecule has 2 aromatic rings. The Kier molecular flexibility index (Phi) is 11.6.